The molecule has 1 fully saturated rings. The highest BCUT2D eigenvalue weighted by molar-refractivity contribution is 6.04. The van der Waals surface area contributed by atoms with Crippen LogP contribution in [0.4, 0.5) is 11.5 Å². The molecule has 0 saturated carbocycles. The van der Waals surface area contributed by atoms with E-state index in [1.165, 1.54) is 17.0 Å². The van der Waals surface area contributed by atoms with E-state index in [1.807, 2.05) is 37.1 Å². The van der Waals surface area contributed by atoms with Crippen LogP contribution in [0, 0.1) is 5.92 Å². The number of amides is 2. The van der Waals surface area contributed by atoms with Crippen LogP contribution in [-0.2, 0) is 4.79 Å². The molecule has 0 atom stereocenters. The molecule has 0 aliphatic carbocycles. The SMILES string of the molecule is CC(C)C(=O)N1CCC(c2cc(-c3ccc(NC(=O)c4cn(C(C)C)c(=O)n(-c5ccccn5)c4=O)cc3)c3c(N)nnn3c2)CC1. The average molecular weight is 636 g/mol. The number of nitrogens with two attached hydrogens (primary N) is 1. The molecule has 5 aromatic rings. The summed E-state index contributed by atoms with van der Waals surface area (Å²) in [5, 5.41) is 11.1. The van der Waals surface area contributed by atoms with E-state index in [9.17, 15) is 19.2 Å². The van der Waals surface area contributed by atoms with E-state index in [-0.39, 0.29) is 35.2 Å². The second-order valence-corrected chi connectivity index (χ2v) is 12.4. The van der Waals surface area contributed by atoms with E-state index >= 15 is 0 Å². The first-order chi connectivity index (χ1) is 22.5. The molecule has 1 aromatic carbocycles. The first-order valence-electron chi connectivity index (χ1n) is 15.7. The van der Waals surface area contributed by atoms with Gasteiger partial charge in [0, 0.05) is 54.9 Å². The fourth-order valence-electron chi connectivity index (χ4n) is 6.03. The molecule has 242 valence electrons. The Labute approximate surface area is 270 Å². The lowest BCUT2D eigenvalue weighted by molar-refractivity contribution is -0.135. The third-order valence-electron chi connectivity index (χ3n) is 8.58. The van der Waals surface area contributed by atoms with Crippen molar-refractivity contribution in [3.05, 3.63) is 99.1 Å². The first kappa shape index (κ1) is 31.4. The Hall–Kier alpha value is -5.59. The zero-order valence-electron chi connectivity index (χ0n) is 26.8. The number of carbonyl (C=O) groups is 2. The maximum atomic E-state index is 13.4. The second-order valence-electron chi connectivity index (χ2n) is 12.4. The van der Waals surface area contributed by atoms with Crippen molar-refractivity contribution >= 4 is 28.8 Å². The minimum absolute atomic E-state index is 0.0273. The van der Waals surface area contributed by atoms with Crippen LogP contribution in [0.25, 0.3) is 22.5 Å². The molecule has 0 bridgehead atoms. The predicted molar refractivity (Wildman–Crippen MR) is 179 cm³/mol. The number of carbonyl (C=O) groups excluding carboxylic acids is 2. The van der Waals surface area contributed by atoms with Gasteiger partial charge in [-0.25, -0.2) is 18.9 Å². The van der Waals surface area contributed by atoms with E-state index in [2.05, 4.69) is 26.7 Å². The van der Waals surface area contributed by atoms with Gasteiger partial charge in [0.05, 0.1) is 0 Å². The standard InChI is InChI=1S/C34H37N9O4/c1-20(2)32(45)40-15-12-22(13-16-40)24-17-26(29-30(35)38-39-42(29)18-24)23-8-10-25(11-9-23)37-31(44)27-19-41(21(3)4)34(47)43(33(27)46)28-7-5-6-14-36-28/h5-11,14,17-22H,12-13,15-16,35H2,1-4H3,(H,37,44). The number of rotatable bonds is 7. The molecule has 1 aliphatic heterocycles. The maximum absolute atomic E-state index is 13.4. The molecule has 47 heavy (non-hydrogen) atoms. The minimum Gasteiger partial charge on any atom is -0.380 e. The number of hydrogen-bond donors (Lipinski definition) is 2. The van der Waals surface area contributed by atoms with Crippen LogP contribution in [-0.4, -0.2) is 58.7 Å². The molecule has 0 radical (unpaired) electrons. The highest BCUT2D eigenvalue weighted by atomic mass is 16.2. The Morgan fingerprint density at radius 3 is 2.34 bits per heavy atom. The Kier molecular flexibility index (Phi) is 8.46. The van der Waals surface area contributed by atoms with E-state index in [1.54, 1.807) is 48.7 Å². The highest BCUT2D eigenvalue weighted by Gasteiger charge is 2.27. The summed E-state index contributed by atoms with van der Waals surface area (Å²) in [5.74, 6) is 0.162. The lowest BCUT2D eigenvalue weighted by atomic mass is 9.88. The smallest absolute Gasteiger partial charge is 0.337 e. The number of nitrogens with one attached hydrogen (secondary N) is 1. The van der Waals surface area contributed by atoms with Crippen LogP contribution in [0.3, 0.4) is 0 Å². The molecular weight excluding hydrogens is 598 g/mol. The summed E-state index contributed by atoms with van der Waals surface area (Å²) in [4.78, 5) is 58.6. The third-order valence-corrected chi connectivity index (χ3v) is 8.58. The number of aromatic nitrogens is 6. The van der Waals surface area contributed by atoms with E-state index in [0.29, 0.717) is 30.1 Å². The quantitative estimate of drug-likeness (QED) is 0.272. The predicted octanol–water partition coefficient (Wildman–Crippen LogP) is 3.88. The number of nitrogens with zero attached hydrogens (tertiary/aromatic N) is 7. The number of anilines is 2. The molecular formula is C34H37N9O4. The summed E-state index contributed by atoms with van der Waals surface area (Å²) >= 11 is 0. The molecule has 6 rings (SSSR count). The van der Waals surface area contributed by atoms with E-state index in [4.69, 9.17) is 5.73 Å². The van der Waals surface area contributed by atoms with Crippen molar-refractivity contribution in [2.45, 2.75) is 52.5 Å². The summed E-state index contributed by atoms with van der Waals surface area (Å²) in [5.41, 5.74) is 8.58. The van der Waals surface area contributed by atoms with Crippen molar-refractivity contribution in [2.24, 2.45) is 5.92 Å². The number of nitrogen functional groups attached to an aromatic ring is 1. The van der Waals surface area contributed by atoms with Crippen molar-refractivity contribution in [2.75, 3.05) is 24.1 Å². The summed E-state index contributed by atoms with van der Waals surface area (Å²) in [6.07, 6.45) is 6.40. The van der Waals surface area contributed by atoms with Crippen molar-refractivity contribution < 1.29 is 9.59 Å². The fourth-order valence-corrected chi connectivity index (χ4v) is 6.03. The van der Waals surface area contributed by atoms with Gasteiger partial charge in [-0.1, -0.05) is 37.3 Å². The van der Waals surface area contributed by atoms with Gasteiger partial charge in [-0.05, 0) is 74.1 Å². The summed E-state index contributed by atoms with van der Waals surface area (Å²) in [7, 11) is 0. The summed E-state index contributed by atoms with van der Waals surface area (Å²) in [6, 6.07) is 13.9. The van der Waals surface area contributed by atoms with Crippen LogP contribution in [0.2, 0.25) is 0 Å². The summed E-state index contributed by atoms with van der Waals surface area (Å²) < 4.78 is 3.94. The highest BCUT2D eigenvalue weighted by Crippen LogP contribution is 2.35. The van der Waals surface area contributed by atoms with Crippen molar-refractivity contribution in [1.82, 2.24) is 33.8 Å². The number of hydrogen-bond acceptors (Lipinski definition) is 8. The molecule has 0 spiro atoms. The molecule has 4 aromatic heterocycles. The third kappa shape index (κ3) is 6.03. The lowest BCUT2D eigenvalue weighted by Gasteiger charge is -2.33. The number of benzene rings is 1. The van der Waals surface area contributed by atoms with Gasteiger partial charge in [-0.15, -0.1) is 5.10 Å². The molecule has 0 unspecified atom stereocenters. The van der Waals surface area contributed by atoms with Gasteiger partial charge in [0.25, 0.3) is 11.5 Å². The Bertz CT molecular complexity index is 2070. The van der Waals surface area contributed by atoms with Crippen LogP contribution < -0.4 is 22.3 Å². The van der Waals surface area contributed by atoms with Gasteiger partial charge in [-0.3, -0.25) is 19.0 Å². The Morgan fingerprint density at radius 1 is 0.979 bits per heavy atom. The molecule has 3 N–H and O–H groups in total. The van der Waals surface area contributed by atoms with Crippen LogP contribution in [0.1, 0.15) is 68.4 Å². The monoisotopic (exact) mass is 635 g/mol. The zero-order chi connectivity index (χ0) is 33.4. The largest absolute Gasteiger partial charge is 0.380 e. The van der Waals surface area contributed by atoms with Gasteiger partial charge in [-0.2, -0.15) is 0 Å². The molecule has 2 amide bonds. The number of likely N-dealkylation sites (tertiary alicyclic amines) is 1. The molecule has 1 saturated heterocycles. The van der Waals surface area contributed by atoms with Crippen LogP contribution in [0.5, 0.6) is 0 Å². The molecule has 13 heteroatoms. The van der Waals surface area contributed by atoms with E-state index < -0.39 is 17.2 Å². The van der Waals surface area contributed by atoms with Gasteiger partial charge in [0.1, 0.15) is 16.9 Å². The molecule has 5 heterocycles. The fraction of sp³-hybridized carbons (Fsp3) is 0.324. The molecule has 13 nitrogen and oxygen atoms in total. The maximum Gasteiger partial charge on any atom is 0.337 e. The lowest BCUT2D eigenvalue weighted by Crippen LogP contribution is -2.43. The Balaban J connectivity index is 1.28. The van der Waals surface area contributed by atoms with Crippen LogP contribution in [0.15, 0.2) is 76.7 Å². The van der Waals surface area contributed by atoms with Gasteiger partial charge in [0.15, 0.2) is 5.82 Å². The van der Waals surface area contributed by atoms with Gasteiger partial charge >= 0.3 is 5.69 Å². The van der Waals surface area contributed by atoms with Crippen molar-refractivity contribution in [3.8, 4) is 16.9 Å². The number of pyridine rings is 2. The number of fused-ring (bicyclic) bond motifs is 1. The average Bonchev–Trinajstić information content (AvgIpc) is 3.45. The summed E-state index contributed by atoms with van der Waals surface area (Å²) in [6.45, 7) is 8.83. The van der Waals surface area contributed by atoms with Crippen LogP contribution >= 0.6 is 0 Å². The topological polar surface area (TPSA) is 163 Å². The number of piperidine rings is 1. The Morgan fingerprint density at radius 2 is 1.70 bits per heavy atom. The van der Waals surface area contributed by atoms with Gasteiger partial charge < -0.3 is 16.0 Å². The minimum atomic E-state index is -0.762. The zero-order valence-corrected chi connectivity index (χ0v) is 26.8. The van der Waals surface area contributed by atoms with Crippen molar-refractivity contribution in [3.63, 3.8) is 0 Å². The second kappa shape index (κ2) is 12.7. The normalized spacial score (nSPS) is 13.9. The molecule has 1 aliphatic rings. The first-order valence-corrected chi connectivity index (χ1v) is 15.7. The van der Waals surface area contributed by atoms with E-state index in [0.717, 1.165) is 34.1 Å². The van der Waals surface area contributed by atoms with Crippen molar-refractivity contribution in [1.29, 1.82) is 0 Å². The van der Waals surface area contributed by atoms with Gasteiger partial charge in [0.2, 0.25) is 5.91 Å².